The summed E-state index contributed by atoms with van der Waals surface area (Å²) in [5, 5.41) is 6.56. The van der Waals surface area contributed by atoms with Gasteiger partial charge in [-0.05, 0) is 38.1 Å². The average Bonchev–Trinajstić information content (AvgIpc) is 3.13. The molecule has 0 radical (unpaired) electrons. The van der Waals surface area contributed by atoms with E-state index in [4.69, 9.17) is 5.73 Å². The summed E-state index contributed by atoms with van der Waals surface area (Å²) in [6.07, 6.45) is -4.54. The number of halogens is 3. The molecular formula is C17H17F3N6O2. The van der Waals surface area contributed by atoms with Crippen LogP contribution in [-0.4, -0.2) is 37.3 Å². The van der Waals surface area contributed by atoms with Crippen molar-refractivity contribution in [2.24, 2.45) is 5.73 Å². The first kappa shape index (κ1) is 19.4. The number of nitrogens with two attached hydrogens (primary N) is 1. The number of amides is 2. The highest BCUT2D eigenvalue weighted by Gasteiger charge is 2.31. The van der Waals surface area contributed by atoms with Gasteiger partial charge in [0, 0.05) is 12.1 Å². The molecule has 0 aliphatic rings. The minimum atomic E-state index is -4.54. The molecule has 1 aromatic carbocycles. The number of nitrogens with zero attached hydrogens (tertiary/aromatic N) is 4. The highest BCUT2D eigenvalue weighted by atomic mass is 19.4. The van der Waals surface area contributed by atoms with Gasteiger partial charge in [0.05, 0.1) is 16.7 Å². The number of primary amides is 1. The van der Waals surface area contributed by atoms with Crippen molar-refractivity contribution >= 4 is 28.8 Å². The Morgan fingerprint density at radius 2 is 1.96 bits per heavy atom. The average molecular weight is 394 g/mol. The molecular weight excluding hydrogens is 377 g/mol. The second kappa shape index (κ2) is 6.98. The fraction of sp³-hybridized carbons (Fsp3) is 0.294. The number of hydrogen-bond acceptors (Lipinski definition) is 4. The van der Waals surface area contributed by atoms with E-state index in [-0.39, 0.29) is 28.2 Å². The van der Waals surface area contributed by atoms with Crippen LogP contribution < -0.4 is 11.1 Å². The summed E-state index contributed by atoms with van der Waals surface area (Å²) in [7, 11) is 0. The molecule has 0 saturated carbocycles. The fourth-order valence-electron chi connectivity index (χ4n) is 2.85. The van der Waals surface area contributed by atoms with Gasteiger partial charge in [0.1, 0.15) is 12.2 Å². The first-order valence-corrected chi connectivity index (χ1v) is 8.31. The number of benzene rings is 1. The van der Waals surface area contributed by atoms with Crippen molar-refractivity contribution in [1.29, 1.82) is 0 Å². The van der Waals surface area contributed by atoms with Crippen LogP contribution in [0, 0.1) is 6.92 Å². The van der Waals surface area contributed by atoms with Crippen LogP contribution in [0.4, 0.5) is 19.1 Å². The number of carbonyl (C=O) groups excluding carboxylic acids is 2. The first-order chi connectivity index (χ1) is 13.1. The number of hydrogen-bond donors (Lipinski definition) is 2. The Kier molecular flexibility index (Phi) is 4.84. The summed E-state index contributed by atoms with van der Waals surface area (Å²) in [4.78, 5) is 28.0. The predicted molar refractivity (Wildman–Crippen MR) is 94.9 cm³/mol. The third kappa shape index (κ3) is 3.82. The zero-order valence-electron chi connectivity index (χ0n) is 15.0. The zero-order chi connectivity index (χ0) is 20.6. The van der Waals surface area contributed by atoms with E-state index < -0.39 is 24.5 Å². The molecule has 0 aliphatic carbocycles. The van der Waals surface area contributed by atoms with E-state index in [1.807, 2.05) is 0 Å². The maximum atomic E-state index is 13.1. The summed E-state index contributed by atoms with van der Waals surface area (Å²) in [5.41, 5.74) is 6.32. The number of imidazole rings is 1. The lowest BCUT2D eigenvalue weighted by atomic mass is 10.2. The molecule has 3 aromatic rings. The second-order valence-electron chi connectivity index (χ2n) is 6.15. The van der Waals surface area contributed by atoms with Crippen LogP contribution in [-0.2, 0) is 13.1 Å². The van der Waals surface area contributed by atoms with Gasteiger partial charge >= 0.3 is 6.18 Å². The van der Waals surface area contributed by atoms with Crippen LogP contribution in [0.2, 0.25) is 0 Å². The van der Waals surface area contributed by atoms with Gasteiger partial charge in [-0.25, -0.2) is 4.98 Å². The van der Waals surface area contributed by atoms with Gasteiger partial charge < -0.3 is 10.3 Å². The molecule has 3 rings (SSSR count). The molecule has 0 unspecified atom stereocenters. The summed E-state index contributed by atoms with van der Waals surface area (Å²) < 4.78 is 41.5. The maximum absolute atomic E-state index is 13.1. The SMILES string of the molecule is CCn1nc(C)cc1C(=O)Nc1nc2cc(C(N)=O)ccc2n1CC(F)(F)F. The number of carbonyl (C=O) groups is 2. The van der Waals surface area contributed by atoms with E-state index in [0.717, 1.165) is 4.57 Å². The van der Waals surface area contributed by atoms with E-state index in [2.05, 4.69) is 15.4 Å². The molecule has 0 atom stereocenters. The van der Waals surface area contributed by atoms with Gasteiger partial charge in [-0.3, -0.25) is 19.6 Å². The Morgan fingerprint density at radius 3 is 2.57 bits per heavy atom. The number of alkyl halides is 3. The number of rotatable bonds is 5. The van der Waals surface area contributed by atoms with Crippen molar-refractivity contribution in [3.8, 4) is 0 Å². The Bertz CT molecular complexity index is 1070. The molecule has 0 bridgehead atoms. The van der Waals surface area contributed by atoms with Crippen molar-refractivity contribution in [2.45, 2.75) is 33.1 Å². The van der Waals surface area contributed by atoms with Gasteiger partial charge in [0.25, 0.3) is 5.91 Å². The summed E-state index contributed by atoms with van der Waals surface area (Å²) in [6.45, 7) is 2.54. The first-order valence-electron chi connectivity index (χ1n) is 8.31. The van der Waals surface area contributed by atoms with E-state index >= 15 is 0 Å². The summed E-state index contributed by atoms with van der Waals surface area (Å²) in [6, 6.07) is 5.42. The zero-order valence-corrected chi connectivity index (χ0v) is 15.0. The quantitative estimate of drug-likeness (QED) is 0.693. The topological polar surface area (TPSA) is 108 Å². The van der Waals surface area contributed by atoms with E-state index in [1.54, 1.807) is 13.8 Å². The van der Waals surface area contributed by atoms with Crippen LogP contribution in [0.3, 0.4) is 0 Å². The Hall–Kier alpha value is -3.37. The molecule has 2 amide bonds. The Balaban J connectivity index is 2.06. The monoisotopic (exact) mass is 394 g/mol. The highest BCUT2D eigenvalue weighted by Crippen LogP contribution is 2.27. The van der Waals surface area contributed by atoms with Gasteiger partial charge in [0.15, 0.2) is 0 Å². The van der Waals surface area contributed by atoms with Gasteiger partial charge in [-0.15, -0.1) is 0 Å². The number of anilines is 1. The normalized spacial score (nSPS) is 11.8. The second-order valence-corrected chi connectivity index (χ2v) is 6.15. The molecule has 148 valence electrons. The number of fused-ring (bicyclic) bond motifs is 1. The lowest BCUT2D eigenvalue weighted by Crippen LogP contribution is -2.23. The third-order valence-electron chi connectivity index (χ3n) is 4.03. The van der Waals surface area contributed by atoms with Crippen LogP contribution in [0.1, 0.15) is 33.5 Å². The predicted octanol–water partition coefficient (Wildman–Crippen LogP) is 2.47. The molecule has 0 aliphatic heterocycles. The molecule has 3 N–H and O–H groups in total. The maximum Gasteiger partial charge on any atom is 0.406 e. The molecule has 28 heavy (non-hydrogen) atoms. The largest absolute Gasteiger partial charge is 0.406 e. The van der Waals surface area contributed by atoms with Crippen molar-refractivity contribution in [3.05, 3.63) is 41.2 Å². The van der Waals surface area contributed by atoms with Crippen LogP contribution in [0.25, 0.3) is 11.0 Å². The van der Waals surface area contributed by atoms with Gasteiger partial charge in [0.2, 0.25) is 11.9 Å². The third-order valence-corrected chi connectivity index (χ3v) is 4.03. The van der Waals surface area contributed by atoms with Crippen LogP contribution >= 0.6 is 0 Å². The molecule has 0 spiro atoms. The summed E-state index contributed by atoms with van der Waals surface area (Å²) >= 11 is 0. The minimum absolute atomic E-state index is 0.0988. The van der Waals surface area contributed by atoms with E-state index in [1.165, 1.54) is 28.9 Å². The Morgan fingerprint density at radius 1 is 1.25 bits per heavy atom. The smallest absolute Gasteiger partial charge is 0.366 e. The fourth-order valence-corrected chi connectivity index (χ4v) is 2.85. The number of nitrogens with one attached hydrogen (secondary N) is 1. The van der Waals surface area contributed by atoms with E-state index in [9.17, 15) is 22.8 Å². The standard InChI is InChI=1S/C17H17F3N6O2/c1-3-26-13(6-9(2)24-26)15(28)23-16-22-11-7-10(14(21)27)4-5-12(11)25(16)8-17(18,19)20/h4-7H,3,8H2,1-2H3,(H2,21,27)(H,22,23,28). The van der Waals surface area contributed by atoms with Crippen molar-refractivity contribution in [2.75, 3.05) is 5.32 Å². The molecule has 2 heterocycles. The lowest BCUT2D eigenvalue weighted by molar-refractivity contribution is -0.139. The van der Waals surface area contributed by atoms with Crippen LogP contribution in [0.5, 0.6) is 0 Å². The molecule has 11 heteroatoms. The Labute approximate surface area is 157 Å². The molecule has 0 saturated heterocycles. The molecule has 8 nitrogen and oxygen atoms in total. The van der Waals surface area contributed by atoms with Crippen LogP contribution in [0.15, 0.2) is 24.3 Å². The van der Waals surface area contributed by atoms with Crippen molar-refractivity contribution < 1.29 is 22.8 Å². The lowest BCUT2D eigenvalue weighted by Gasteiger charge is -2.12. The van der Waals surface area contributed by atoms with E-state index in [0.29, 0.717) is 12.2 Å². The van der Waals surface area contributed by atoms with Gasteiger partial charge in [-0.1, -0.05) is 0 Å². The van der Waals surface area contributed by atoms with Crippen molar-refractivity contribution in [3.63, 3.8) is 0 Å². The molecule has 2 aromatic heterocycles. The van der Waals surface area contributed by atoms with Crippen molar-refractivity contribution in [1.82, 2.24) is 19.3 Å². The number of aromatic nitrogens is 4. The number of aryl methyl sites for hydroxylation is 2. The molecule has 0 fully saturated rings. The minimum Gasteiger partial charge on any atom is -0.366 e. The highest BCUT2D eigenvalue weighted by molar-refractivity contribution is 6.03. The van der Waals surface area contributed by atoms with Gasteiger partial charge in [-0.2, -0.15) is 18.3 Å². The summed E-state index contributed by atoms with van der Waals surface area (Å²) in [5.74, 6) is -1.67.